The third-order valence-electron chi connectivity index (χ3n) is 2.29. The van der Waals surface area contributed by atoms with Crippen molar-refractivity contribution in [2.75, 3.05) is 18.6 Å². The van der Waals surface area contributed by atoms with Crippen LogP contribution in [0.4, 0.5) is 5.69 Å². The fourth-order valence-corrected chi connectivity index (χ4v) is 1.41. The van der Waals surface area contributed by atoms with Crippen LogP contribution in [0.3, 0.4) is 0 Å². The van der Waals surface area contributed by atoms with Crippen LogP contribution in [0.5, 0.6) is 5.75 Å². The van der Waals surface area contributed by atoms with Crippen molar-refractivity contribution in [2.24, 2.45) is 0 Å². The summed E-state index contributed by atoms with van der Waals surface area (Å²) in [7, 11) is 1.63. The number of hydrogen-bond donors (Lipinski definition) is 1. The molecule has 1 N–H and O–H groups in total. The first-order chi connectivity index (χ1) is 7.09. The number of likely N-dealkylation sites (N-methyl/N-ethyl adjacent to an activating group) is 1. The SMILES string of the molecule is CN1C(=O)COc2cc(C(=O)O)ccc21. The number of fused-ring (bicyclic) bond motifs is 1. The molecule has 2 rings (SSSR count). The quantitative estimate of drug-likeness (QED) is 0.737. The summed E-state index contributed by atoms with van der Waals surface area (Å²) in [5.41, 5.74) is 0.743. The molecule has 0 aromatic heterocycles. The van der Waals surface area contributed by atoms with Gasteiger partial charge in [0.15, 0.2) is 6.61 Å². The van der Waals surface area contributed by atoms with Crippen LogP contribution in [0.1, 0.15) is 10.4 Å². The molecule has 0 aliphatic carbocycles. The summed E-state index contributed by atoms with van der Waals surface area (Å²) in [6.45, 7) is -0.0490. The van der Waals surface area contributed by atoms with Gasteiger partial charge in [0.1, 0.15) is 5.75 Å². The maximum absolute atomic E-state index is 11.3. The number of carbonyl (C=O) groups excluding carboxylic acids is 1. The molecule has 0 radical (unpaired) electrons. The Morgan fingerprint density at radius 3 is 2.93 bits per heavy atom. The maximum Gasteiger partial charge on any atom is 0.335 e. The lowest BCUT2D eigenvalue weighted by Gasteiger charge is -2.25. The molecular weight excluding hydrogens is 198 g/mol. The zero-order valence-corrected chi connectivity index (χ0v) is 8.06. The monoisotopic (exact) mass is 207 g/mol. The number of nitrogens with zero attached hydrogens (tertiary/aromatic N) is 1. The van der Waals surface area contributed by atoms with Crippen molar-refractivity contribution in [3.05, 3.63) is 23.8 Å². The van der Waals surface area contributed by atoms with E-state index < -0.39 is 5.97 Å². The molecule has 1 heterocycles. The number of carboxylic acids is 1. The summed E-state index contributed by atoms with van der Waals surface area (Å²) in [6.07, 6.45) is 0. The van der Waals surface area contributed by atoms with Crippen molar-refractivity contribution in [2.45, 2.75) is 0 Å². The molecule has 78 valence electrons. The summed E-state index contributed by atoms with van der Waals surface area (Å²) in [5.74, 6) is -0.733. The van der Waals surface area contributed by atoms with Crippen LogP contribution in [-0.4, -0.2) is 30.6 Å². The number of ether oxygens (including phenoxy) is 1. The Hall–Kier alpha value is -2.04. The predicted molar refractivity (Wildman–Crippen MR) is 52.3 cm³/mol. The van der Waals surface area contributed by atoms with Crippen molar-refractivity contribution >= 4 is 17.6 Å². The van der Waals surface area contributed by atoms with Gasteiger partial charge in [-0.1, -0.05) is 0 Å². The standard InChI is InChI=1S/C10H9NO4/c1-11-7-3-2-6(10(13)14)4-8(7)15-5-9(11)12/h2-4H,5H2,1H3,(H,13,14). The number of amides is 1. The summed E-state index contributed by atoms with van der Waals surface area (Å²) in [5, 5.41) is 8.77. The Balaban J connectivity index is 2.47. The van der Waals surface area contributed by atoms with Gasteiger partial charge in [0.05, 0.1) is 11.3 Å². The van der Waals surface area contributed by atoms with Gasteiger partial charge in [0, 0.05) is 7.05 Å². The van der Waals surface area contributed by atoms with Gasteiger partial charge in [-0.15, -0.1) is 0 Å². The second-order valence-corrected chi connectivity index (χ2v) is 3.23. The summed E-state index contributed by atoms with van der Waals surface area (Å²) in [6, 6.07) is 4.43. The van der Waals surface area contributed by atoms with E-state index in [0.717, 1.165) is 0 Å². The normalized spacial score (nSPS) is 14.5. The van der Waals surface area contributed by atoms with Gasteiger partial charge < -0.3 is 14.7 Å². The number of carbonyl (C=O) groups is 2. The Morgan fingerprint density at radius 1 is 1.53 bits per heavy atom. The second kappa shape index (κ2) is 3.27. The zero-order valence-electron chi connectivity index (χ0n) is 8.06. The lowest BCUT2D eigenvalue weighted by molar-refractivity contribution is -0.120. The van der Waals surface area contributed by atoms with E-state index in [2.05, 4.69) is 0 Å². The van der Waals surface area contributed by atoms with Crippen LogP contribution in [0.15, 0.2) is 18.2 Å². The first kappa shape index (κ1) is 9.51. The Bertz CT molecular complexity index is 441. The van der Waals surface area contributed by atoms with Crippen LogP contribution < -0.4 is 9.64 Å². The van der Waals surface area contributed by atoms with E-state index in [1.807, 2.05) is 0 Å². The molecule has 1 amide bonds. The zero-order chi connectivity index (χ0) is 11.0. The first-order valence-corrected chi connectivity index (χ1v) is 4.36. The molecule has 0 saturated carbocycles. The van der Waals surface area contributed by atoms with Crippen molar-refractivity contribution in [1.29, 1.82) is 0 Å². The molecule has 0 unspecified atom stereocenters. The molecule has 1 aromatic carbocycles. The number of rotatable bonds is 1. The number of aromatic carboxylic acids is 1. The third kappa shape index (κ3) is 1.52. The fourth-order valence-electron chi connectivity index (χ4n) is 1.41. The van der Waals surface area contributed by atoms with E-state index in [1.54, 1.807) is 13.1 Å². The van der Waals surface area contributed by atoms with E-state index in [0.29, 0.717) is 11.4 Å². The van der Waals surface area contributed by atoms with Crippen molar-refractivity contribution in [3.8, 4) is 5.75 Å². The highest BCUT2D eigenvalue weighted by atomic mass is 16.5. The first-order valence-electron chi connectivity index (χ1n) is 4.36. The minimum atomic E-state index is -1.01. The van der Waals surface area contributed by atoms with Crippen molar-refractivity contribution in [1.82, 2.24) is 0 Å². The van der Waals surface area contributed by atoms with Crippen LogP contribution in [-0.2, 0) is 4.79 Å². The van der Waals surface area contributed by atoms with Gasteiger partial charge in [0.2, 0.25) is 0 Å². The van der Waals surface area contributed by atoms with Crippen LogP contribution >= 0.6 is 0 Å². The molecule has 15 heavy (non-hydrogen) atoms. The van der Waals surface area contributed by atoms with Gasteiger partial charge in [0.25, 0.3) is 5.91 Å². The predicted octanol–water partition coefficient (Wildman–Crippen LogP) is 0.740. The number of anilines is 1. The van der Waals surface area contributed by atoms with Gasteiger partial charge >= 0.3 is 5.97 Å². The highest BCUT2D eigenvalue weighted by Gasteiger charge is 2.22. The highest BCUT2D eigenvalue weighted by Crippen LogP contribution is 2.31. The molecule has 0 fully saturated rings. The van der Waals surface area contributed by atoms with E-state index >= 15 is 0 Å². The molecular formula is C10H9NO4. The van der Waals surface area contributed by atoms with Crippen molar-refractivity contribution in [3.63, 3.8) is 0 Å². The van der Waals surface area contributed by atoms with Gasteiger partial charge in [-0.3, -0.25) is 4.79 Å². The van der Waals surface area contributed by atoms with Crippen LogP contribution in [0.25, 0.3) is 0 Å². The van der Waals surface area contributed by atoms with E-state index in [1.165, 1.54) is 17.0 Å². The van der Waals surface area contributed by atoms with E-state index in [-0.39, 0.29) is 18.1 Å². The highest BCUT2D eigenvalue weighted by molar-refractivity contribution is 5.98. The average Bonchev–Trinajstić information content (AvgIpc) is 2.23. The van der Waals surface area contributed by atoms with Gasteiger partial charge in [-0.25, -0.2) is 4.79 Å². The lowest BCUT2D eigenvalue weighted by atomic mass is 10.1. The summed E-state index contributed by atoms with van der Waals surface area (Å²) >= 11 is 0. The van der Waals surface area contributed by atoms with Crippen LogP contribution in [0.2, 0.25) is 0 Å². The maximum atomic E-state index is 11.3. The number of carboxylic acid groups (broad SMARTS) is 1. The van der Waals surface area contributed by atoms with E-state index in [4.69, 9.17) is 9.84 Å². The number of hydrogen-bond acceptors (Lipinski definition) is 3. The van der Waals surface area contributed by atoms with Crippen molar-refractivity contribution < 1.29 is 19.4 Å². The molecule has 1 aliphatic heterocycles. The van der Waals surface area contributed by atoms with Gasteiger partial charge in [-0.05, 0) is 18.2 Å². The molecule has 1 aromatic rings. The lowest BCUT2D eigenvalue weighted by Crippen LogP contribution is -2.35. The topological polar surface area (TPSA) is 66.8 Å². The molecule has 5 heteroatoms. The Morgan fingerprint density at radius 2 is 2.27 bits per heavy atom. The Labute approximate surface area is 85.9 Å². The summed E-state index contributed by atoms with van der Waals surface area (Å²) in [4.78, 5) is 23.4. The largest absolute Gasteiger partial charge is 0.482 e. The third-order valence-corrected chi connectivity index (χ3v) is 2.29. The minimum Gasteiger partial charge on any atom is -0.482 e. The van der Waals surface area contributed by atoms with Crippen LogP contribution in [0, 0.1) is 0 Å². The molecule has 0 atom stereocenters. The summed E-state index contributed by atoms with van der Waals surface area (Å²) < 4.78 is 5.14. The average molecular weight is 207 g/mol. The smallest absolute Gasteiger partial charge is 0.335 e. The minimum absolute atomic E-state index is 0.0490. The number of benzene rings is 1. The molecule has 5 nitrogen and oxygen atoms in total. The molecule has 0 spiro atoms. The van der Waals surface area contributed by atoms with E-state index in [9.17, 15) is 9.59 Å². The fraction of sp³-hybridized carbons (Fsp3) is 0.200. The Kier molecular flexibility index (Phi) is 2.07. The van der Waals surface area contributed by atoms with Gasteiger partial charge in [-0.2, -0.15) is 0 Å². The molecule has 1 aliphatic rings. The molecule has 0 saturated heterocycles. The molecule has 0 bridgehead atoms. The second-order valence-electron chi connectivity index (χ2n) is 3.23.